The van der Waals surface area contributed by atoms with Gasteiger partial charge in [0.1, 0.15) is 0 Å². The van der Waals surface area contributed by atoms with E-state index in [1.165, 1.54) is 0 Å². The molecule has 0 aliphatic carbocycles. The van der Waals surface area contributed by atoms with E-state index in [2.05, 4.69) is 5.32 Å². The molecule has 1 aromatic heterocycles. The zero-order chi connectivity index (χ0) is 14.4. The molecule has 5 heteroatoms. The van der Waals surface area contributed by atoms with Crippen LogP contribution in [0.3, 0.4) is 0 Å². The molecule has 1 unspecified atom stereocenters. The monoisotopic (exact) mass is 282 g/mol. The van der Waals surface area contributed by atoms with Crippen LogP contribution in [-0.4, -0.2) is 24.3 Å². The number of thiophene rings is 1. The summed E-state index contributed by atoms with van der Waals surface area (Å²) in [4.78, 5) is 25.7. The smallest absolute Gasteiger partial charge is 0.220 e. The number of rotatable bonds is 7. The number of carbonyl (C=O) groups excluding carboxylic acids is 2. The number of nitrogens with one attached hydrogen (secondary N) is 1. The van der Waals surface area contributed by atoms with Gasteiger partial charge in [-0.1, -0.05) is 0 Å². The molecular weight excluding hydrogens is 260 g/mol. The lowest BCUT2D eigenvalue weighted by Crippen LogP contribution is -2.29. The number of aryl methyl sites for hydroxylation is 2. The highest BCUT2D eigenvalue weighted by Crippen LogP contribution is 2.22. The van der Waals surface area contributed by atoms with Crippen molar-refractivity contribution < 1.29 is 9.59 Å². The number of hydrogen-bond donors (Lipinski definition) is 2. The van der Waals surface area contributed by atoms with Crippen LogP contribution in [0.1, 0.15) is 46.3 Å². The normalized spacial score (nSPS) is 12.2. The van der Waals surface area contributed by atoms with Gasteiger partial charge in [-0.3, -0.25) is 9.59 Å². The van der Waals surface area contributed by atoms with Crippen LogP contribution in [0.25, 0.3) is 0 Å². The van der Waals surface area contributed by atoms with Crippen molar-refractivity contribution >= 4 is 23.0 Å². The van der Waals surface area contributed by atoms with Gasteiger partial charge < -0.3 is 11.1 Å². The lowest BCUT2D eigenvalue weighted by molar-refractivity contribution is -0.121. The minimum absolute atomic E-state index is 0.0455. The molecule has 0 radical (unpaired) electrons. The van der Waals surface area contributed by atoms with E-state index in [0.717, 1.165) is 21.7 Å². The van der Waals surface area contributed by atoms with Crippen molar-refractivity contribution in [3.63, 3.8) is 0 Å². The average molecular weight is 282 g/mol. The molecule has 1 aromatic rings. The first-order valence-electron chi connectivity index (χ1n) is 6.52. The first-order valence-corrected chi connectivity index (χ1v) is 7.34. The molecule has 3 N–H and O–H groups in total. The quantitative estimate of drug-likeness (QED) is 0.753. The lowest BCUT2D eigenvalue weighted by Gasteiger charge is -2.06. The number of ketones is 1. The van der Waals surface area contributed by atoms with E-state index in [0.29, 0.717) is 6.54 Å². The molecule has 0 bridgehead atoms. The van der Waals surface area contributed by atoms with Crippen LogP contribution >= 0.6 is 11.3 Å². The summed E-state index contributed by atoms with van der Waals surface area (Å²) in [5.41, 5.74) is 6.35. The van der Waals surface area contributed by atoms with Gasteiger partial charge in [0.05, 0.1) is 0 Å². The van der Waals surface area contributed by atoms with Gasteiger partial charge in [0.15, 0.2) is 5.78 Å². The van der Waals surface area contributed by atoms with Crippen molar-refractivity contribution in [3.8, 4) is 0 Å². The first kappa shape index (κ1) is 15.9. The fourth-order valence-corrected chi connectivity index (χ4v) is 2.74. The summed E-state index contributed by atoms with van der Waals surface area (Å²) in [6, 6.07) is 1.98. The Morgan fingerprint density at radius 1 is 1.37 bits per heavy atom. The highest BCUT2D eigenvalue weighted by atomic mass is 32.1. The third-order valence-electron chi connectivity index (χ3n) is 2.84. The van der Waals surface area contributed by atoms with E-state index >= 15 is 0 Å². The molecule has 1 amide bonds. The van der Waals surface area contributed by atoms with Gasteiger partial charge in [-0.05, 0) is 33.3 Å². The third-order valence-corrected chi connectivity index (χ3v) is 3.81. The molecule has 4 nitrogen and oxygen atoms in total. The summed E-state index contributed by atoms with van der Waals surface area (Å²) in [5, 5.41) is 2.77. The van der Waals surface area contributed by atoms with Gasteiger partial charge in [0.25, 0.3) is 0 Å². The van der Waals surface area contributed by atoms with Gasteiger partial charge in [0, 0.05) is 40.7 Å². The Morgan fingerprint density at radius 2 is 2.05 bits per heavy atom. The highest BCUT2D eigenvalue weighted by Gasteiger charge is 2.13. The van der Waals surface area contributed by atoms with Crippen molar-refractivity contribution in [2.45, 2.75) is 46.1 Å². The Bertz CT molecular complexity index is 452. The van der Waals surface area contributed by atoms with Crippen molar-refractivity contribution in [3.05, 3.63) is 21.4 Å². The molecule has 0 aromatic carbocycles. The molecule has 1 rings (SSSR count). The molecular formula is C14H22N2O2S. The summed E-state index contributed by atoms with van der Waals surface area (Å²) < 4.78 is 0. The van der Waals surface area contributed by atoms with Gasteiger partial charge in [-0.15, -0.1) is 11.3 Å². The van der Waals surface area contributed by atoms with Crippen LogP contribution in [-0.2, 0) is 4.79 Å². The van der Waals surface area contributed by atoms with Crippen LogP contribution in [0.4, 0.5) is 0 Å². The Balaban J connectivity index is 2.34. The maximum Gasteiger partial charge on any atom is 0.220 e. The zero-order valence-electron chi connectivity index (χ0n) is 11.8. The second-order valence-electron chi connectivity index (χ2n) is 4.87. The topological polar surface area (TPSA) is 72.2 Å². The molecule has 0 saturated heterocycles. The van der Waals surface area contributed by atoms with Crippen molar-refractivity contribution in [1.82, 2.24) is 5.32 Å². The summed E-state index contributed by atoms with van der Waals surface area (Å²) in [6.45, 7) is 6.39. The molecule has 19 heavy (non-hydrogen) atoms. The molecule has 0 aliphatic rings. The first-order chi connectivity index (χ1) is 8.90. The molecule has 0 fully saturated rings. The third kappa shape index (κ3) is 5.53. The van der Waals surface area contributed by atoms with Gasteiger partial charge >= 0.3 is 0 Å². The minimum atomic E-state index is -0.0846. The van der Waals surface area contributed by atoms with Crippen LogP contribution in [0.5, 0.6) is 0 Å². The molecule has 1 heterocycles. The predicted octanol–water partition coefficient (Wildman–Crippen LogP) is 2.18. The highest BCUT2D eigenvalue weighted by molar-refractivity contribution is 7.12. The van der Waals surface area contributed by atoms with Crippen LogP contribution in [0, 0.1) is 13.8 Å². The van der Waals surface area contributed by atoms with E-state index < -0.39 is 0 Å². The second kappa shape index (κ2) is 7.40. The van der Waals surface area contributed by atoms with E-state index in [4.69, 9.17) is 5.73 Å². The molecule has 0 saturated carbocycles. The zero-order valence-corrected chi connectivity index (χ0v) is 12.6. The molecule has 106 valence electrons. The van der Waals surface area contributed by atoms with Crippen LogP contribution < -0.4 is 11.1 Å². The van der Waals surface area contributed by atoms with Gasteiger partial charge in [-0.25, -0.2) is 0 Å². The SMILES string of the molecule is Cc1cc(C(=O)CCC(=O)NCCC(C)N)c(C)s1. The number of nitrogens with two attached hydrogens (primary N) is 1. The Hall–Kier alpha value is -1.20. The number of carbonyl (C=O) groups is 2. The second-order valence-corrected chi connectivity index (χ2v) is 6.33. The number of hydrogen-bond acceptors (Lipinski definition) is 4. The molecule has 0 aliphatic heterocycles. The molecule has 1 atom stereocenters. The number of Topliss-reactive ketones (excluding diaryl/α,β-unsaturated/α-hetero) is 1. The van der Waals surface area contributed by atoms with Crippen molar-refractivity contribution in [2.24, 2.45) is 5.73 Å². The summed E-state index contributed by atoms with van der Waals surface area (Å²) in [7, 11) is 0. The molecule has 0 spiro atoms. The van der Waals surface area contributed by atoms with Crippen LogP contribution in [0.2, 0.25) is 0 Å². The Kier molecular flexibility index (Phi) is 6.18. The summed E-state index contributed by atoms with van der Waals surface area (Å²) >= 11 is 1.61. The lowest BCUT2D eigenvalue weighted by atomic mass is 10.1. The van der Waals surface area contributed by atoms with Crippen LogP contribution in [0.15, 0.2) is 6.07 Å². The average Bonchev–Trinajstić information content (AvgIpc) is 2.65. The summed E-state index contributed by atoms with van der Waals surface area (Å²) in [6.07, 6.45) is 1.26. The largest absolute Gasteiger partial charge is 0.356 e. The van der Waals surface area contributed by atoms with Gasteiger partial charge in [-0.2, -0.15) is 0 Å². The van der Waals surface area contributed by atoms with Gasteiger partial charge in [0.2, 0.25) is 5.91 Å². The maximum absolute atomic E-state index is 12.0. The predicted molar refractivity (Wildman–Crippen MR) is 78.6 cm³/mol. The van der Waals surface area contributed by atoms with Crippen molar-refractivity contribution in [2.75, 3.05) is 6.54 Å². The maximum atomic E-state index is 12.0. The number of amides is 1. The van der Waals surface area contributed by atoms with Crippen molar-refractivity contribution in [1.29, 1.82) is 0 Å². The summed E-state index contributed by atoms with van der Waals surface area (Å²) in [5.74, 6) is -0.0391. The van der Waals surface area contributed by atoms with E-state index in [1.807, 2.05) is 26.8 Å². The van der Waals surface area contributed by atoms with E-state index in [-0.39, 0.29) is 30.6 Å². The fourth-order valence-electron chi connectivity index (χ4n) is 1.80. The minimum Gasteiger partial charge on any atom is -0.356 e. The Morgan fingerprint density at radius 3 is 2.58 bits per heavy atom. The van der Waals surface area contributed by atoms with E-state index in [9.17, 15) is 9.59 Å². The standard InChI is InChI=1S/C14H22N2O2S/c1-9(15)6-7-16-14(18)5-4-13(17)12-8-10(2)19-11(12)3/h8-9H,4-7,15H2,1-3H3,(H,16,18). The van der Waals surface area contributed by atoms with E-state index in [1.54, 1.807) is 11.3 Å². The fraction of sp³-hybridized carbons (Fsp3) is 0.571. The Labute approximate surface area is 118 Å².